The lowest BCUT2D eigenvalue weighted by molar-refractivity contribution is 0.291. The van der Waals surface area contributed by atoms with Gasteiger partial charge in [0.25, 0.3) is 0 Å². The van der Waals surface area contributed by atoms with Gasteiger partial charge in [-0.1, -0.05) is 18.5 Å². The lowest BCUT2D eigenvalue weighted by atomic mass is 10.1. The molecule has 0 spiro atoms. The third-order valence-electron chi connectivity index (χ3n) is 3.79. The van der Waals surface area contributed by atoms with Crippen molar-refractivity contribution in [1.29, 1.82) is 0 Å². The van der Waals surface area contributed by atoms with E-state index in [1.807, 2.05) is 23.9 Å². The Morgan fingerprint density at radius 2 is 2.14 bits per heavy atom. The van der Waals surface area contributed by atoms with Gasteiger partial charge in [0.15, 0.2) is 5.82 Å². The fourth-order valence-electron chi connectivity index (χ4n) is 2.24. The summed E-state index contributed by atoms with van der Waals surface area (Å²) in [5.41, 5.74) is 0. The molecule has 2 rings (SSSR count). The van der Waals surface area contributed by atoms with E-state index in [9.17, 15) is 0 Å². The molecule has 0 aliphatic carbocycles. The van der Waals surface area contributed by atoms with Gasteiger partial charge in [-0.05, 0) is 33.3 Å². The predicted octanol–water partition coefficient (Wildman–Crippen LogP) is 2.91. The maximum atomic E-state index is 5.35. The highest BCUT2D eigenvalue weighted by Gasteiger charge is 2.20. The van der Waals surface area contributed by atoms with Crippen LogP contribution in [0.1, 0.15) is 64.3 Å². The van der Waals surface area contributed by atoms with Gasteiger partial charge in [0.2, 0.25) is 5.89 Å². The van der Waals surface area contributed by atoms with E-state index in [0.29, 0.717) is 5.89 Å². The average Bonchev–Trinajstić information content (AvgIpc) is 3.15. The molecule has 3 atom stereocenters. The van der Waals surface area contributed by atoms with E-state index in [-0.39, 0.29) is 18.1 Å². The van der Waals surface area contributed by atoms with E-state index in [1.54, 1.807) is 6.20 Å². The molecule has 21 heavy (non-hydrogen) atoms. The summed E-state index contributed by atoms with van der Waals surface area (Å²) >= 11 is 0. The van der Waals surface area contributed by atoms with Gasteiger partial charge >= 0.3 is 0 Å². The minimum Gasteiger partial charge on any atom is -0.338 e. The van der Waals surface area contributed by atoms with Crippen LogP contribution in [0, 0.1) is 0 Å². The van der Waals surface area contributed by atoms with Crippen molar-refractivity contribution < 1.29 is 4.52 Å². The highest BCUT2D eigenvalue weighted by Crippen LogP contribution is 2.16. The van der Waals surface area contributed by atoms with Crippen molar-refractivity contribution in [1.82, 2.24) is 25.2 Å². The topological polar surface area (TPSA) is 68.8 Å². The molecule has 0 radical (unpaired) electrons. The van der Waals surface area contributed by atoms with Crippen molar-refractivity contribution in [2.24, 2.45) is 0 Å². The SMILES string of the molecule is CCCCc1noc(C(C)NC(C)C(C)n2cccn2)n1. The summed E-state index contributed by atoms with van der Waals surface area (Å²) in [7, 11) is 0. The van der Waals surface area contributed by atoms with Crippen molar-refractivity contribution in [3.05, 3.63) is 30.2 Å². The molecule has 0 amide bonds. The Morgan fingerprint density at radius 1 is 1.33 bits per heavy atom. The van der Waals surface area contributed by atoms with Crippen LogP contribution >= 0.6 is 0 Å². The quantitative estimate of drug-likeness (QED) is 0.810. The van der Waals surface area contributed by atoms with Gasteiger partial charge in [-0.15, -0.1) is 0 Å². The molecule has 116 valence electrons. The van der Waals surface area contributed by atoms with Crippen molar-refractivity contribution in [2.45, 2.75) is 65.1 Å². The number of hydrogen-bond donors (Lipinski definition) is 1. The molecule has 0 fully saturated rings. The summed E-state index contributed by atoms with van der Waals surface area (Å²) in [6.45, 7) is 8.47. The minimum atomic E-state index is 0.0286. The first-order valence-electron chi connectivity index (χ1n) is 7.69. The van der Waals surface area contributed by atoms with E-state index in [0.717, 1.165) is 25.1 Å². The Kier molecular flexibility index (Phi) is 5.50. The number of unbranched alkanes of at least 4 members (excludes halogenated alkanes) is 1. The fraction of sp³-hybridized carbons (Fsp3) is 0.667. The van der Waals surface area contributed by atoms with Crippen LogP contribution in [0.3, 0.4) is 0 Å². The van der Waals surface area contributed by atoms with Gasteiger partial charge < -0.3 is 9.84 Å². The highest BCUT2D eigenvalue weighted by atomic mass is 16.5. The summed E-state index contributed by atoms with van der Waals surface area (Å²) in [5.74, 6) is 1.45. The molecule has 2 aromatic heterocycles. The Balaban J connectivity index is 1.91. The van der Waals surface area contributed by atoms with E-state index in [1.165, 1.54) is 0 Å². The largest absolute Gasteiger partial charge is 0.338 e. The molecular weight excluding hydrogens is 266 g/mol. The fourth-order valence-corrected chi connectivity index (χ4v) is 2.24. The lowest BCUT2D eigenvalue weighted by Gasteiger charge is -2.24. The molecule has 0 saturated carbocycles. The van der Waals surface area contributed by atoms with E-state index in [2.05, 4.69) is 41.3 Å². The van der Waals surface area contributed by atoms with Crippen LogP contribution in [0.4, 0.5) is 0 Å². The summed E-state index contributed by atoms with van der Waals surface area (Å²) in [6, 6.07) is 2.46. The van der Waals surface area contributed by atoms with Crippen LogP contribution in [0.5, 0.6) is 0 Å². The highest BCUT2D eigenvalue weighted by molar-refractivity contribution is 4.93. The Morgan fingerprint density at radius 3 is 2.81 bits per heavy atom. The van der Waals surface area contributed by atoms with Crippen LogP contribution in [0.25, 0.3) is 0 Å². The Bertz CT molecular complexity index is 522. The first kappa shape index (κ1) is 15.7. The van der Waals surface area contributed by atoms with Crippen LogP contribution in [0.15, 0.2) is 23.0 Å². The molecule has 6 nitrogen and oxygen atoms in total. The zero-order valence-corrected chi connectivity index (χ0v) is 13.3. The average molecular weight is 291 g/mol. The monoisotopic (exact) mass is 291 g/mol. The molecule has 6 heteroatoms. The maximum Gasteiger partial charge on any atom is 0.243 e. The number of aryl methyl sites for hydroxylation is 1. The normalized spacial score (nSPS) is 15.8. The standard InChI is InChI=1S/C15H25N5O/c1-5-6-8-14-18-15(21-19-14)12(3)17-11(2)13(4)20-10-7-9-16-20/h7,9-13,17H,5-6,8H2,1-4H3. The number of nitrogens with zero attached hydrogens (tertiary/aromatic N) is 4. The molecule has 3 unspecified atom stereocenters. The zero-order chi connectivity index (χ0) is 15.2. The second kappa shape index (κ2) is 7.36. The summed E-state index contributed by atoms with van der Waals surface area (Å²) in [6.07, 6.45) is 6.88. The third kappa shape index (κ3) is 4.14. The molecular formula is C15H25N5O. The van der Waals surface area contributed by atoms with Gasteiger partial charge in [-0.3, -0.25) is 4.68 Å². The maximum absolute atomic E-state index is 5.35. The van der Waals surface area contributed by atoms with Gasteiger partial charge in [-0.25, -0.2) is 0 Å². The molecule has 1 N–H and O–H groups in total. The van der Waals surface area contributed by atoms with Crippen LogP contribution < -0.4 is 5.32 Å². The minimum absolute atomic E-state index is 0.0286. The van der Waals surface area contributed by atoms with E-state index >= 15 is 0 Å². The molecule has 0 aliphatic heterocycles. The van der Waals surface area contributed by atoms with Gasteiger partial charge in [0.05, 0.1) is 12.1 Å². The van der Waals surface area contributed by atoms with E-state index in [4.69, 9.17) is 4.52 Å². The van der Waals surface area contributed by atoms with Crippen molar-refractivity contribution in [3.63, 3.8) is 0 Å². The van der Waals surface area contributed by atoms with Crippen molar-refractivity contribution in [3.8, 4) is 0 Å². The van der Waals surface area contributed by atoms with Gasteiger partial charge in [0, 0.05) is 24.9 Å². The molecule has 2 heterocycles. The van der Waals surface area contributed by atoms with Crippen LogP contribution in [-0.2, 0) is 6.42 Å². The molecule has 0 aromatic carbocycles. The summed E-state index contributed by atoms with van der Waals surface area (Å²) < 4.78 is 7.30. The third-order valence-corrected chi connectivity index (χ3v) is 3.79. The Hall–Kier alpha value is -1.69. The zero-order valence-electron chi connectivity index (χ0n) is 13.3. The molecule has 0 saturated heterocycles. The van der Waals surface area contributed by atoms with Gasteiger partial charge in [-0.2, -0.15) is 10.1 Å². The number of aromatic nitrogens is 4. The lowest BCUT2D eigenvalue weighted by Crippen LogP contribution is -2.35. The number of hydrogen-bond acceptors (Lipinski definition) is 5. The first-order chi connectivity index (χ1) is 10.1. The van der Waals surface area contributed by atoms with Crippen LogP contribution in [-0.4, -0.2) is 26.0 Å². The Labute approximate surface area is 125 Å². The summed E-state index contributed by atoms with van der Waals surface area (Å²) in [4.78, 5) is 4.46. The second-order valence-electron chi connectivity index (χ2n) is 5.56. The van der Waals surface area contributed by atoms with Crippen molar-refractivity contribution in [2.75, 3.05) is 0 Å². The predicted molar refractivity (Wildman–Crippen MR) is 80.9 cm³/mol. The molecule has 0 bridgehead atoms. The molecule has 2 aromatic rings. The van der Waals surface area contributed by atoms with Crippen LogP contribution in [0.2, 0.25) is 0 Å². The number of nitrogens with one attached hydrogen (secondary N) is 1. The summed E-state index contributed by atoms with van der Waals surface area (Å²) in [5, 5.41) is 11.8. The first-order valence-corrected chi connectivity index (χ1v) is 7.69. The van der Waals surface area contributed by atoms with Crippen molar-refractivity contribution >= 4 is 0 Å². The van der Waals surface area contributed by atoms with Gasteiger partial charge in [0.1, 0.15) is 0 Å². The molecule has 0 aliphatic rings. The second-order valence-corrected chi connectivity index (χ2v) is 5.56. The smallest absolute Gasteiger partial charge is 0.243 e. The van der Waals surface area contributed by atoms with E-state index < -0.39 is 0 Å². The number of rotatable bonds is 8.